The van der Waals surface area contributed by atoms with Crippen molar-refractivity contribution < 1.29 is 38.1 Å². The van der Waals surface area contributed by atoms with E-state index in [-0.39, 0.29) is 50.3 Å². The summed E-state index contributed by atoms with van der Waals surface area (Å²) < 4.78 is 25.6. The standard InChI is InChI=1S/C63H117NO8/c1-11-19-25-32-53(33-26-20-12-2)39-40-57(66)71-51-62-44-60(9,49-69-56(65)38-31-41-64(17-7)18-8)45-63(48-62,52-72-59(68)43-55(36-29-23-15-5)37-30-24-16-6)47-61(10,46-62)50-70-58(67)42-54(34-27-21-13-3)35-28-22-14-4/h53-55H,11-52H2,1-10H3. The minimum atomic E-state index is -0.490. The lowest BCUT2D eigenvalue weighted by Gasteiger charge is -2.62. The van der Waals surface area contributed by atoms with Crippen molar-refractivity contribution in [2.75, 3.05) is 46.1 Å². The highest BCUT2D eigenvalue weighted by atomic mass is 16.5. The van der Waals surface area contributed by atoms with Gasteiger partial charge in [0, 0.05) is 47.3 Å². The summed E-state index contributed by atoms with van der Waals surface area (Å²) in [5.41, 5.74) is -1.87. The predicted octanol–water partition coefficient (Wildman–Crippen LogP) is 17.1. The Labute approximate surface area is 444 Å². The molecule has 9 nitrogen and oxygen atoms in total. The molecule has 2 aliphatic carbocycles. The fourth-order valence-electron chi connectivity index (χ4n) is 13.7. The first-order valence-corrected chi connectivity index (χ1v) is 30.9. The number of ether oxygens (including phenoxy) is 4. The lowest BCUT2D eigenvalue weighted by molar-refractivity contribution is -0.196. The molecule has 2 fully saturated rings. The number of esters is 4. The molecule has 2 bridgehead atoms. The van der Waals surface area contributed by atoms with E-state index < -0.39 is 21.7 Å². The van der Waals surface area contributed by atoms with Crippen molar-refractivity contribution in [3.8, 4) is 0 Å². The Bertz CT molecular complexity index is 1420. The van der Waals surface area contributed by atoms with E-state index in [1.807, 2.05) is 0 Å². The molecule has 0 aromatic heterocycles. The third kappa shape index (κ3) is 27.6. The summed E-state index contributed by atoms with van der Waals surface area (Å²) in [5.74, 6) is 0.603. The monoisotopic (exact) mass is 1020 g/mol. The van der Waals surface area contributed by atoms with Crippen molar-refractivity contribution in [3.05, 3.63) is 0 Å². The summed E-state index contributed by atoms with van der Waals surface area (Å²) in [5, 5.41) is 0. The first-order chi connectivity index (χ1) is 34.6. The second-order valence-corrected chi connectivity index (χ2v) is 24.8. The third-order valence-corrected chi connectivity index (χ3v) is 16.9. The molecule has 9 heteroatoms. The van der Waals surface area contributed by atoms with Gasteiger partial charge in [0.1, 0.15) is 0 Å². The zero-order valence-corrected chi connectivity index (χ0v) is 49.1. The van der Waals surface area contributed by atoms with Crippen LogP contribution in [-0.4, -0.2) is 74.8 Å². The van der Waals surface area contributed by atoms with Gasteiger partial charge >= 0.3 is 23.9 Å². The lowest BCUT2D eigenvalue weighted by atomic mass is 9.44. The number of carbonyl (C=O) groups is 4. The number of nitrogens with zero attached hydrogens (tertiary/aromatic N) is 1. The normalized spacial score (nSPS) is 22.0. The summed E-state index contributed by atoms with van der Waals surface area (Å²) in [4.78, 5) is 57.8. The van der Waals surface area contributed by atoms with Crippen LogP contribution in [0.1, 0.15) is 294 Å². The Balaban J connectivity index is 2.53. The predicted molar refractivity (Wildman–Crippen MR) is 299 cm³/mol. The van der Waals surface area contributed by atoms with Crippen LogP contribution in [0.3, 0.4) is 0 Å². The molecule has 0 heterocycles. The number of carbonyl (C=O) groups excluding carboxylic acids is 4. The number of hydrogen-bond acceptors (Lipinski definition) is 9. The van der Waals surface area contributed by atoms with Gasteiger partial charge in [0.2, 0.25) is 0 Å². The highest BCUT2D eigenvalue weighted by molar-refractivity contribution is 5.70. The second kappa shape index (κ2) is 37.6. The summed E-state index contributed by atoms with van der Waals surface area (Å²) in [7, 11) is 0. The van der Waals surface area contributed by atoms with Crippen molar-refractivity contribution >= 4 is 23.9 Å². The SMILES string of the molecule is CCCCCC(CCCCC)CCC(=O)OCC12CC(C)(COC(=O)CCCN(CC)CC)CC(COC(=O)CC(CCCCC)CCCCC)(CC(C)(COC(=O)CC(CCCCC)CCCCC)C1)C2. The number of unbranched alkanes of at least 4 members (excludes halogenated alkanes) is 12. The minimum absolute atomic E-state index is 0.117. The van der Waals surface area contributed by atoms with Crippen molar-refractivity contribution in [1.82, 2.24) is 4.90 Å². The van der Waals surface area contributed by atoms with E-state index in [1.54, 1.807) is 0 Å². The van der Waals surface area contributed by atoms with Gasteiger partial charge < -0.3 is 23.8 Å². The van der Waals surface area contributed by atoms with Crippen LogP contribution in [0.2, 0.25) is 0 Å². The van der Waals surface area contributed by atoms with Gasteiger partial charge in [0.25, 0.3) is 0 Å². The first-order valence-electron chi connectivity index (χ1n) is 30.9. The van der Waals surface area contributed by atoms with Gasteiger partial charge in [0.15, 0.2) is 0 Å². The zero-order valence-electron chi connectivity index (χ0n) is 49.1. The Morgan fingerprint density at radius 1 is 0.375 bits per heavy atom. The van der Waals surface area contributed by atoms with Crippen LogP contribution in [0.25, 0.3) is 0 Å². The number of fused-ring (bicyclic) bond motifs is 2. The van der Waals surface area contributed by atoms with E-state index in [2.05, 4.69) is 74.1 Å². The smallest absolute Gasteiger partial charge is 0.306 e. The molecule has 2 rings (SSSR count). The Kier molecular flexibility index (Phi) is 34.4. The number of rotatable bonds is 45. The van der Waals surface area contributed by atoms with Gasteiger partial charge in [-0.2, -0.15) is 0 Å². The van der Waals surface area contributed by atoms with Crippen LogP contribution in [0, 0.1) is 39.4 Å². The molecule has 0 N–H and O–H groups in total. The summed E-state index contributed by atoms with van der Waals surface area (Å²) in [6.45, 7) is 26.0. The summed E-state index contributed by atoms with van der Waals surface area (Å²) >= 11 is 0. The molecule has 0 saturated heterocycles. The quantitative estimate of drug-likeness (QED) is 0.0335. The van der Waals surface area contributed by atoms with E-state index in [1.165, 1.54) is 64.2 Å². The maximum absolute atomic E-state index is 14.1. The topological polar surface area (TPSA) is 108 Å². The molecule has 0 spiro atoms. The molecule has 2 aliphatic rings. The van der Waals surface area contributed by atoms with Crippen molar-refractivity contribution in [1.29, 1.82) is 0 Å². The average molecular weight is 1020 g/mol. The van der Waals surface area contributed by atoms with Crippen molar-refractivity contribution in [3.63, 3.8) is 0 Å². The maximum Gasteiger partial charge on any atom is 0.306 e. The molecule has 422 valence electrons. The molecule has 0 aliphatic heterocycles. The van der Waals surface area contributed by atoms with E-state index >= 15 is 0 Å². The Hall–Kier alpha value is -2.16. The summed E-state index contributed by atoms with van der Waals surface area (Å²) in [6, 6.07) is 0. The van der Waals surface area contributed by atoms with Crippen molar-refractivity contribution in [2.24, 2.45) is 39.4 Å². The highest BCUT2D eigenvalue weighted by Gasteiger charge is 2.61. The van der Waals surface area contributed by atoms with Gasteiger partial charge in [-0.1, -0.05) is 198 Å². The third-order valence-electron chi connectivity index (χ3n) is 16.9. The second-order valence-electron chi connectivity index (χ2n) is 24.8. The summed E-state index contributed by atoms with van der Waals surface area (Å²) in [6.07, 6.45) is 34.5. The largest absolute Gasteiger partial charge is 0.465 e. The van der Waals surface area contributed by atoms with E-state index in [0.717, 1.165) is 129 Å². The van der Waals surface area contributed by atoms with Crippen LogP contribution >= 0.6 is 0 Å². The van der Waals surface area contributed by atoms with Crippen LogP contribution in [0.4, 0.5) is 0 Å². The molecular weight excluding hydrogens is 899 g/mol. The lowest BCUT2D eigenvalue weighted by Crippen LogP contribution is -2.58. The molecule has 2 saturated carbocycles. The first kappa shape index (κ1) is 66.0. The Morgan fingerprint density at radius 2 is 0.694 bits per heavy atom. The molecule has 0 aromatic rings. The van der Waals surface area contributed by atoms with Gasteiger partial charge in [-0.05, 0) is 108 Å². The minimum Gasteiger partial charge on any atom is -0.465 e. The maximum atomic E-state index is 14.1. The molecule has 0 radical (unpaired) electrons. The van der Waals surface area contributed by atoms with Crippen LogP contribution in [0.5, 0.6) is 0 Å². The number of hydrogen-bond donors (Lipinski definition) is 0. The highest BCUT2D eigenvalue weighted by Crippen LogP contribution is 2.66. The fraction of sp³-hybridized carbons (Fsp3) is 0.937. The van der Waals surface area contributed by atoms with Crippen LogP contribution in [0.15, 0.2) is 0 Å². The molecule has 4 atom stereocenters. The van der Waals surface area contributed by atoms with Gasteiger partial charge in [0.05, 0.1) is 26.4 Å². The van der Waals surface area contributed by atoms with Gasteiger partial charge in [-0.15, -0.1) is 0 Å². The van der Waals surface area contributed by atoms with Crippen LogP contribution < -0.4 is 0 Å². The molecule has 0 amide bonds. The van der Waals surface area contributed by atoms with Crippen LogP contribution in [-0.2, 0) is 38.1 Å². The van der Waals surface area contributed by atoms with E-state index in [9.17, 15) is 19.2 Å². The zero-order chi connectivity index (χ0) is 53.1. The van der Waals surface area contributed by atoms with Gasteiger partial charge in [-0.3, -0.25) is 19.2 Å². The molecule has 0 aromatic carbocycles. The molecule has 4 unspecified atom stereocenters. The Morgan fingerprint density at radius 3 is 1.06 bits per heavy atom. The fourth-order valence-corrected chi connectivity index (χ4v) is 13.7. The van der Waals surface area contributed by atoms with Crippen molar-refractivity contribution in [2.45, 2.75) is 294 Å². The van der Waals surface area contributed by atoms with Gasteiger partial charge in [-0.25, -0.2) is 0 Å². The average Bonchev–Trinajstić information content (AvgIpc) is 3.34. The van der Waals surface area contributed by atoms with E-state index in [4.69, 9.17) is 18.9 Å². The van der Waals surface area contributed by atoms with E-state index in [0.29, 0.717) is 69.1 Å². The molecular formula is C63H117NO8. The molecule has 72 heavy (non-hydrogen) atoms.